The van der Waals surface area contributed by atoms with E-state index in [9.17, 15) is 13.2 Å². The summed E-state index contributed by atoms with van der Waals surface area (Å²) in [7, 11) is -3.13. The van der Waals surface area contributed by atoms with Crippen LogP contribution in [0.2, 0.25) is 0 Å². The number of hydrogen-bond acceptors (Lipinski definition) is 4. The van der Waals surface area contributed by atoms with E-state index in [1.165, 1.54) is 6.08 Å². The van der Waals surface area contributed by atoms with Gasteiger partial charge in [0, 0.05) is 12.0 Å². The van der Waals surface area contributed by atoms with Crippen molar-refractivity contribution in [2.45, 2.75) is 26.3 Å². The zero-order valence-electron chi connectivity index (χ0n) is 9.56. The Morgan fingerprint density at radius 2 is 2.25 bits per heavy atom. The van der Waals surface area contributed by atoms with Gasteiger partial charge in [-0.2, -0.15) is 0 Å². The average molecular weight is 246 g/mol. The number of rotatable bonds is 4. The maximum absolute atomic E-state index is 11.9. The lowest BCUT2D eigenvalue weighted by Gasteiger charge is -2.26. The number of hydrogen-bond donors (Lipinski definition) is 2. The van der Waals surface area contributed by atoms with E-state index in [1.807, 2.05) is 6.92 Å². The second-order valence-electron chi connectivity index (χ2n) is 4.36. The molecular formula is C10H18N2O3S. The van der Waals surface area contributed by atoms with Crippen LogP contribution in [0.3, 0.4) is 0 Å². The first-order valence-electron chi connectivity index (χ1n) is 5.25. The van der Waals surface area contributed by atoms with Gasteiger partial charge in [0.1, 0.15) is 0 Å². The minimum absolute atomic E-state index is 0.0525. The Labute approximate surface area is 96.0 Å². The van der Waals surface area contributed by atoms with Gasteiger partial charge in [-0.1, -0.05) is 6.92 Å². The molecule has 0 aromatic carbocycles. The molecular weight excluding hydrogens is 228 g/mol. The third-order valence-corrected chi connectivity index (χ3v) is 4.42. The van der Waals surface area contributed by atoms with E-state index in [-0.39, 0.29) is 18.2 Å². The van der Waals surface area contributed by atoms with Gasteiger partial charge in [-0.25, -0.2) is 8.42 Å². The average Bonchev–Trinajstić information content (AvgIpc) is 2.56. The van der Waals surface area contributed by atoms with E-state index in [1.54, 1.807) is 6.92 Å². The van der Waals surface area contributed by atoms with Crippen molar-refractivity contribution in [3.8, 4) is 0 Å². The molecule has 0 bridgehead atoms. The van der Waals surface area contributed by atoms with Gasteiger partial charge >= 0.3 is 0 Å². The van der Waals surface area contributed by atoms with Gasteiger partial charge < -0.3 is 11.1 Å². The Kier molecular flexibility index (Phi) is 3.75. The molecule has 0 aromatic heterocycles. The minimum Gasteiger partial charge on any atom is -0.348 e. The Bertz CT molecular complexity index is 396. The molecule has 3 N–H and O–H groups in total. The van der Waals surface area contributed by atoms with Crippen LogP contribution >= 0.6 is 0 Å². The molecule has 6 heteroatoms. The SMILES string of the molecule is CCC(C)(CN)C(=O)NC1C=CS(=O)(=O)C1. The number of amides is 1. The largest absolute Gasteiger partial charge is 0.348 e. The van der Waals surface area contributed by atoms with E-state index < -0.39 is 21.3 Å². The summed E-state index contributed by atoms with van der Waals surface area (Å²) in [4.78, 5) is 11.9. The third kappa shape index (κ3) is 2.82. The van der Waals surface area contributed by atoms with Gasteiger partial charge in [0.2, 0.25) is 5.91 Å². The molecule has 0 saturated carbocycles. The number of sulfone groups is 1. The van der Waals surface area contributed by atoms with Gasteiger partial charge in [0.15, 0.2) is 9.84 Å². The summed E-state index contributed by atoms with van der Waals surface area (Å²) >= 11 is 0. The van der Waals surface area contributed by atoms with Crippen LogP contribution in [0.15, 0.2) is 11.5 Å². The highest BCUT2D eigenvalue weighted by molar-refractivity contribution is 7.94. The molecule has 0 saturated heterocycles. The Morgan fingerprint density at radius 3 is 2.62 bits per heavy atom. The summed E-state index contributed by atoms with van der Waals surface area (Å²) < 4.78 is 22.3. The number of nitrogens with one attached hydrogen (secondary N) is 1. The van der Waals surface area contributed by atoms with Crippen LogP contribution < -0.4 is 11.1 Å². The van der Waals surface area contributed by atoms with Crippen LogP contribution in [0.1, 0.15) is 20.3 Å². The van der Waals surface area contributed by atoms with Crippen molar-refractivity contribution in [1.82, 2.24) is 5.32 Å². The summed E-state index contributed by atoms with van der Waals surface area (Å²) in [5.74, 6) is -0.243. The molecule has 16 heavy (non-hydrogen) atoms. The summed E-state index contributed by atoms with van der Waals surface area (Å²) in [5.41, 5.74) is 4.92. The number of carbonyl (C=O) groups is 1. The predicted octanol–water partition coefficient (Wildman–Crippen LogP) is -0.212. The van der Waals surface area contributed by atoms with E-state index in [2.05, 4.69) is 5.32 Å². The smallest absolute Gasteiger partial charge is 0.227 e. The highest BCUT2D eigenvalue weighted by Crippen LogP contribution is 2.20. The molecule has 0 aliphatic carbocycles. The van der Waals surface area contributed by atoms with Crippen LogP contribution in [0.25, 0.3) is 0 Å². The van der Waals surface area contributed by atoms with Crippen molar-refractivity contribution < 1.29 is 13.2 Å². The van der Waals surface area contributed by atoms with Crippen LogP contribution in [0.5, 0.6) is 0 Å². The second kappa shape index (κ2) is 4.55. The van der Waals surface area contributed by atoms with Crippen molar-refractivity contribution in [2.24, 2.45) is 11.1 Å². The molecule has 0 radical (unpaired) electrons. The summed E-state index contributed by atoms with van der Waals surface area (Å²) in [5, 5.41) is 3.83. The third-order valence-electron chi connectivity index (χ3n) is 3.03. The highest BCUT2D eigenvalue weighted by atomic mass is 32.2. The first-order chi connectivity index (χ1) is 7.33. The molecule has 2 atom stereocenters. The maximum atomic E-state index is 11.9. The molecule has 2 unspecified atom stereocenters. The molecule has 92 valence electrons. The summed E-state index contributed by atoms with van der Waals surface area (Å²) in [6.07, 6.45) is 2.12. The fourth-order valence-electron chi connectivity index (χ4n) is 1.41. The lowest BCUT2D eigenvalue weighted by atomic mass is 9.86. The standard InChI is InChI=1S/C10H18N2O3S/c1-3-10(2,7-11)9(13)12-8-4-5-16(14,15)6-8/h4-5,8H,3,6-7,11H2,1-2H3,(H,12,13). The number of carbonyl (C=O) groups excluding carboxylic acids is 1. The van der Waals surface area contributed by atoms with Crippen LogP contribution in [-0.4, -0.2) is 32.7 Å². The van der Waals surface area contributed by atoms with Gasteiger partial charge in [-0.05, 0) is 19.4 Å². The molecule has 1 amide bonds. The Balaban J connectivity index is 2.64. The van der Waals surface area contributed by atoms with Crippen molar-refractivity contribution in [2.75, 3.05) is 12.3 Å². The van der Waals surface area contributed by atoms with Crippen molar-refractivity contribution in [3.63, 3.8) is 0 Å². The van der Waals surface area contributed by atoms with Gasteiger partial charge in [0.05, 0.1) is 17.2 Å². The van der Waals surface area contributed by atoms with Gasteiger partial charge in [-0.15, -0.1) is 0 Å². The normalized spacial score (nSPS) is 26.3. The van der Waals surface area contributed by atoms with E-state index in [0.717, 1.165) is 5.41 Å². The molecule has 0 fully saturated rings. The fourth-order valence-corrected chi connectivity index (χ4v) is 2.64. The van der Waals surface area contributed by atoms with Crippen LogP contribution in [0, 0.1) is 5.41 Å². The molecule has 5 nitrogen and oxygen atoms in total. The Hall–Kier alpha value is -0.880. The Morgan fingerprint density at radius 1 is 1.62 bits per heavy atom. The molecule has 1 rings (SSSR count). The summed E-state index contributed by atoms with van der Waals surface area (Å²) in [6.45, 7) is 3.90. The van der Waals surface area contributed by atoms with Crippen molar-refractivity contribution >= 4 is 15.7 Å². The fraction of sp³-hybridized carbons (Fsp3) is 0.700. The first-order valence-corrected chi connectivity index (χ1v) is 6.96. The first kappa shape index (κ1) is 13.2. The van der Waals surface area contributed by atoms with Crippen molar-refractivity contribution in [3.05, 3.63) is 11.5 Å². The molecule has 1 aliphatic rings. The zero-order chi connectivity index (χ0) is 12.4. The monoisotopic (exact) mass is 246 g/mol. The topological polar surface area (TPSA) is 89.3 Å². The maximum Gasteiger partial charge on any atom is 0.227 e. The van der Waals surface area contributed by atoms with Gasteiger partial charge in [0.25, 0.3) is 0 Å². The predicted molar refractivity (Wildman–Crippen MR) is 62.3 cm³/mol. The zero-order valence-corrected chi connectivity index (χ0v) is 10.4. The quantitative estimate of drug-likeness (QED) is 0.718. The van der Waals surface area contributed by atoms with Crippen LogP contribution in [-0.2, 0) is 14.6 Å². The van der Waals surface area contributed by atoms with E-state index >= 15 is 0 Å². The lowest BCUT2D eigenvalue weighted by Crippen LogP contribution is -2.47. The van der Waals surface area contributed by atoms with Crippen LogP contribution in [0.4, 0.5) is 0 Å². The lowest BCUT2D eigenvalue weighted by molar-refractivity contribution is -0.130. The minimum atomic E-state index is -3.13. The van der Waals surface area contributed by atoms with Gasteiger partial charge in [-0.3, -0.25) is 4.79 Å². The summed E-state index contributed by atoms with van der Waals surface area (Å²) in [6, 6.07) is -0.421. The molecule has 0 spiro atoms. The molecule has 1 heterocycles. The second-order valence-corrected chi connectivity index (χ2v) is 6.29. The van der Waals surface area contributed by atoms with Crippen molar-refractivity contribution in [1.29, 1.82) is 0 Å². The molecule has 1 aliphatic heterocycles. The number of nitrogens with two attached hydrogens (primary N) is 1. The highest BCUT2D eigenvalue weighted by Gasteiger charge is 2.32. The van der Waals surface area contributed by atoms with E-state index in [4.69, 9.17) is 5.73 Å². The molecule has 0 aromatic rings. The van der Waals surface area contributed by atoms with E-state index in [0.29, 0.717) is 6.42 Å².